The minimum absolute atomic E-state index is 0.0722. The number of amides is 4. The summed E-state index contributed by atoms with van der Waals surface area (Å²) < 4.78 is 0. The Morgan fingerprint density at radius 3 is 1.76 bits per heavy atom. The van der Waals surface area contributed by atoms with Gasteiger partial charge in [-0.25, -0.2) is 4.79 Å². The van der Waals surface area contributed by atoms with Gasteiger partial charge in [-0.3, -0.25) is 24.0 Å². The Labute approximate surface area is 192 Å². The predicted molar refractivity (Wildman–Crippen MR) is 116 cm³/mol. The number of primary amides is 1. The number of carboxylic acid groups (broad SMARTS) is 2. The molecule has 0 aromatic heterocycles. The van der Waals surface area contributed by atoms with Crippen molar-refractivity contribution in [2.45, 2.75) is 77.5 Å². The van der Waals surface area contributed by atoms with E-state index in [1.54, 1.807) is 27.7 Å². The molecule has 0 aromatic rings. The number of carboxylic acids is 2. The first-order valence-electron chi connectivity index (χ1n) is 10.5. The zero-order chi connectivity index (χ0) is 25.9. The molecule has 13 nitrogen and oxygen atoms in total. The van der Waals surface area contributed by atoms with E-state index in [1.807, 2.05) is 0 Å². The molecule has 9 N–H and O–H groups in total. The van der Waals surface area contributed by atoms with Crippen molar-refractivity contribution in [2.24, 2.45) is 23.3 Å². The number of nitrogens with two attached hydrogens (primary N) is 2. The summed E-state index contributed by atoms with van der Waals surface area (Å²) in [7, 11) is 0. The number of hydrogen-bond donors (Lipinski definition) is 7. The van der Waals surface area contributed by atoms with Gasteiger partial charge in [-0.15, -0.1) is 0 Å². The van der Waals surface area contributed by atoms with Gasteiger partial charge in [0.15, 0.2) is 0 Å². The van der Waals surface area contributed by atoms with E-state index in [0.29, 0.717) is 0 Å². The fraction of sp³-hybridized carbons (Fsp3) is 0.700. The Balaban J connectivity index is 5.58. The molecule has 4 amide bonds. The van der Waals surface area contributed by atoms with Crippen LogP contribution in [0.1, 0.15) is 53.4 Å². The minimum Gasteiger partial charge on any atom is -0.481 e. The highest BCUT2D eigenvalue weighted by molar-refractivity contribution is 5.95. The van der Waals surface area contributed by atoms with Crippen molar-refractivity contribution in [1.29, 1.82) is 0 Å². The van der Waals surface area contributed by atoms with Crippen molar-refractivity contribution in [3.05, 3.63) is 0 Å². The van der Waals surface area contributed by atoms with E-state index < -0.39 is 78.5 Å². The smallest absolute Gasteiger partial charge is 0.326 e. The zero-order valence-corrected chi connectivity index (χ0v) is 19.3. The van der Waals surface area contributed by atoms with Crippen LogP contribution >= 0.6 is 0 Å². The van der Waals surface area contributed by atoms with Crippen molar-refractivity contribution in [2.75, 3.05) is 0 Å². The first-order chi connectivity index (χ1) is 15.1. The summed E-state index contributed by atoms with van der Waals surface area (Å²) in [4.78, 5) is 71.2. The lowest BCUT2D eigenvalue weighted by atomic mass is 10.0. The largest absolute Gasteiger partial charge is 0.481 e. The van der Waals surface area contributed by atoms with Gasteiger partial charge < -0.3 is 37.6 Å². The predicted octanol–water partition coefficient (Wildman–Crippen LogP) is -1.70. The van der Waals surface area contributed by atoms with Crippen LogP contribution in [-0.2, 0) is 28.8 Å². The molecule has 0 saturated carbocycles. The Bertz CT molecular complexity index is 740. The van der Waals surface area contributed by atoms with E-state index in [0.717, 1.165) is 0 Å². The second kappa shape index (κ2) is 14.0. The quantitative estimate of drug-likeness (QED) is 0.143. The molecule has 4 unspecified atom stereocenters. The van der Waals surface area contributed by atoms with Gasteiger partial charge >= 0.3 is 11.9 Å². The van der Waals surface area contributed by atoms with Crippen molar-refractivity contribution in [1.82, 2.24) is 16.0 Å². The fourth-order valence-electron chi connectivity index (χ4n) is 2.87. The van der Waals surface area contributed by atoms with E-state index in [4.69, 9.17) is 16.6 Å². The average molecular weight is 474 g/mol. The number of nitrogens with one attached hydrogen (secondary N) is 3. The highest BCUT2D eigenvalue weighted by Gasteiger charge is 2.32. The van der Waals surface area contributed by atoms with Crippen molar-refractivity contribution in [3.8, 4) is 0 Å². The maximum Gasteiger partial charge on any atom is 0.326 e. The summed E-state index contributed by atoms with van der Waals surface area (Å²) in [5, 5.41) is 25.4. The Kier molecular flexibility index (Phi) is 12.7. The van der Waals surface area contributed by atoms with Crippen LogP contribution in [0.5, 0.6) is 0 Å². The van der Waals surface area contributed by atoms with Crippen LogP contribution in [0.3, 0.4) is 0 Å². The monoisotopic (exact) mass is 473 g/mol. The second-order valence-corrected chi connectivity index (χ2v) is 8.53. The van der Waals surface area contributed by atoms with Crippen LogP contribution in [-0.4, -0.2) is 69.9 Å². The summed E-state index contributed by atoms with van der Waals surface area (Å²) in [6, 6.07) is -5.03. The van der Waals surface area contributed by atoms with E-state index in [2.05, 4.69) is 16.0 Å². The topological polar surface area (TPSA) is 231 Å². The molecule has 13 heteroatoms. The van der Waals surface area contributed by atoms with Crippen LogP contribution in [0.25, 0.3) is 0 Å². The van der Waals surface area contributed by atoms with E-state index >= 15 is 0 Å². The van der Waals surface area contributed by atoms with Gasteiger partial charge in [-0.2, -0.15) is 0 Å². The van der Waals surface area contributed by atoms with Gasteiger partial charge in [0.25, 0.3) is 0 Å². The summed E-state index contributed by atoms with van der Waals surface area (Å²) in [5.74, 6) is -6.30. The maximum absolute atomic E-state index is 12.9. The molecular weight excluding hydrogens is 438 g/mol. The third-order valence-corrected chi connectivity index (χ3v) is 4.61. The lowest BCUT2D eigenvalue weighted by Crippen LogP contribution is -2.58. The molecule has 0 spiro atoms. The third kappa shape index (κ3) is 11.8. The highest BCUT2D eigenvalue weighted by atomic mass is 16.4. The molecule has 0 bridgehead atoms. The van der Waals surface area contributed by atoms with Gasteiger partial charge in [-0.1, -0.05) is 27.7 Å². The molecule has 0 radical (unpaired) electrons. The first-order valence-corrected chi connectivity index (χ1v) is 10.5. The number of carbonyl (C=O) groups excluding carboxylic acids is 4. The number of rotatable bonds is 15. The van der Waals surface area contributed by atoms with Crippen LogP contribution in [0.4, 0.5) is 0 Å². The summed E-state index contributed by atoms with van der Waals surface area (Å²) in [6.07, 6.45) is -1.06. The number of carbonyl (C=O) groups is 6. The standard InChI is InChI=1S/C20H35N5O8/c1-9(2)7-13(24-17(29)11(21)8-14(22)26)19(31)23-12(5-6-15(27)28)18(30)25-16(10(3)4)20(32)33/h9-13,16H,5-8,21H2,1-4H3,(H2,22,26)(H,23,31)(H,24,29)(H,25,30)(H,27,28)(H,32,33). The molecule has 0 saturated heterocycles. The van der Waals surface area contributed by atoms with Crippen molar-refractivity contribution >= 4 is 35.6 Å². The molecule has 0 aliphatic carbocycles. The van der Waals surface area contributed by atoms with Gasteiger partial charge in [0, 0.05) is 6.42 Å². The Hall–Kier alpha value is -3.22. The lowest BCUT2D eigenvalue weighted by molar-refractivity contribution is -0.144. The van der Waals surface area contributed by atoms with E-state index in [1.165, 1.54) is 0 Å². The van der Waals surface area contributed by atoms with Gasteiger partial charge in [0.05, 0.1) is 12.5 Å². The summed E-state index contributed by atoms with van der Waals surface area (Å²) in [6.45, 7) is 6.72. The van der Waals surface area contributed by atoms with Crippen molar-refractivity contribution < 1.29 is 39.0 Å². The molecule has 0 aliphatic heterocycles. The van der Waals surface area contributed by atoms with Gasteiger partial charge in [-0.05, 0) is 24.7 Å². The minimum atomic E-state index is -1.36. The molecular formula is C20H35N5O8. The third-order valence-electron chi connectivity index (χ3n) is 4.61. The summed E-state index contributed by atoms with van der Waals surface area (Å²) >= 11 is 0. The fourth-order valence-corrected chi connectivity index (χ4v) is 2.87. The Morgan fingerprint density at radius 2 is 1.33 bits per heavy atom. The molecule has 4 atom stereocenters. The molecule has 0 aromatic carbocycles. The van der Waals surface area contributed by atoms with Crippen LogP contribution in [0.2, 0.25) is 0 Å². The van der Waals surface area contributed by atoms with Crippen molar-refractivity contribution in [3.63, 3.8) is 0 Å². The first kappa shape index (κ1) is 29.8. The molecule has 0 aliphatic rings. The van der Waals surface area contributed by atoms with Gasteiger partial charge in [0.2, 0.25) is 23.6 Å². The van der Waals surface area contributed by atoms with E-state index in [-0.39, 0.29) is 18.8 Å². The molecule has 188 valence electrons. The zero-order valence-electron chi connectivity index (χ0n) is 19.3. The van der Waals surface area contributed by atoms with E-state index in [9.17, 15) is 33.9 Å². The maximum atomic E-state index is 12.9. The molecule has 0 heterocycles. The van der Waals surface area contributed by atoms with Crippen LogP contribution < -0.4 is 27.4 Å². The average Bonchev–Trinajstić information content (AvgIpc) is 2.66. The SMILES string of the molecule is CC(C)CC(NC(=O)C(N)CC(N)=O)C(=O)NC(CCC(=O)O)C(=O)NC(C(=O)O)C(C)C. The lowest BCUT2D eigenvalue weighted by Gasteiger charge is -2.26. The normalized spacial score (nSPS) is 14.6. The molecule has 0 fully saturated rings. The number of aliphatic carboxylic acids is 2. The second-order valence-electron chi connectivity index (χ2n) is 8.53. The Morgan fingerprint density at radius 1 is 0.818 bits per heavy atom. The molecule has 33 heavy (non-hydrogen) atoms. The molecule has 0 rings (SSSR count). The van der Waals surface area contributed by atoms with Crippen LogP contribution in [0, 0.1) is 11.8 Å². The number of hydrogen-bond acceptors (Lipinski definition) is 7. The van der Waals surface area contributed by atoms with Gasteiger partial charge in [0.1, 0.15) is 18.1 Å². The highest BCUT2D eigenvalue weighted by Crippen LogP contribution is 2.09. The van der Waals surface area contributed by atoms with Crippen LogP contribution in [0.15, 0.2) is 0 Å². The summed E-state index contributed by atoms with van der Waals surface area (Å²) in [5.41, 5.74) is 10.6.